The third-order valence-electron chi connectivity index (χ3n) is 4.23. The first-order chi connectivity index (χ1) is 8.09. The number of allylic oxidation sites excluding steroid dienone is 1. The van der Waals surface area contributed by atoms with Crippen LogP contribution >= 0.6 is 22.9 Å². The van der Waals surface area contributed by atoms with Crippen LogP contribution in [0, 0.1) is 11.8 Å². The van der Waals surface area contributed by atoms with Crippen LogP contribution in [0.1, 0.15) is 52.4 Å². The van der Waals surface area contributed by atoms with Gasteiger partial charge in [0.25, 0.3) is 0 Å². The first-order valence-electron chi connectivity index (χ1n) is 6.76. The van der Waals surface area contributed by atoms with Gasteiger partial charge in [-0.25, -0.2) is 0 Å². The lowest BCUT2D eigenvalue weighted by Gasteiger charge is -2.35. The summed E-state index contributed by atoms with van der Waals surface area (Å²) in [6.07, 6.45) is 9.39. The predicted molar refractivity (Wildman–Crippen MR) is 78.8 cm³/mol. The number of carbonyl (C=O) groups is 1. The second-order valence-corrected chi connectivity index (χ2v) is 6.78. The van der Waals surface area contributed by atoms with Crippen molar-refractivity contribution in [1.82, 2.24) is 3.11 Å². The molecular formula is C14H22INO. The number of fused-ring (bicyclic) bond motifs is 1. The SMILES string of the molecule is CC1=CN(I)C2CCCC(C)CCCC2C1=O. The molecule has 17 heavy (non-hydrogen) atoms. The summed E-state index contributed by atoms with van der Waals surface area (Å²) in [4.78, 5) is 12.3. The molecule has 0 saturated heterocycles. The van der Waals surface area contributed by atoms with Crippen molar-refractivity contribution in [3.63, 3.8) is 0 Å². The molecule has 0 aromatic rings. The van der Waals surface area contributed by atoms with Crippen LogP contribution in [0.5, 0.6) is 0 Å². The molecule has 1 saturated carbocycles. The van der Waals surface area contributed by atoms with E-state index in [1.54, 1.807) is 0 Å². The van der Waals surface area contributed by atoms with Crippen molar-refractivity contribution in [1.29, 1.82) is 0 Å². The van der Waals surface area contributed by atoms with Gasteiger partial charge >= 0.3 is 0 Å². The average molecular weight is 347 g/mol. The van der Waals surface area contributed by atoms with Crippen molar-refractivity contribution in [2.45, 2.75) is 58.4 Å². The standard InChI is InChI=1S/C14H22INO/c1-10-5-3-7-12-13(8-4-6-10)16(15)9-11(2)14(12)17/h9-10,12-13H,3-8H2,1-2H3. The van der Waals surface area contributed by atoms with Crippen molar-refractivity contribution in [3.8, 4) is 0 Å². The summed E-state index contributed by atoms with van der Waals surface area (Å²) in [5, 5.41) is 0. The molecule has 0 N–H and O–H groups in total. The maximum Gasteiger partial charge on any atom is 0.165 e. The fourth-order valence-electron chi connectivity index (χ4n) is 3.14. The molecule has 2 nitrogen and oxygen atoms in total. The van der Waals surface area contributed by atoms with Crippen molar-refractivity contribution in [3.05, 3.63) is 11.8 Å². The molecule has 1 aliphatic carbocycles. The van der Waals surface area contributed by atoms with E-state index < -0.39 is 0 Å². The minimum atomic E-state index is 0.252. The van der Waals surface area contributed by atoms with Crippen LogP contribution < -0.4 is 0 Å². The van der Waals surface area contributed by atoms with Gasteiger partial charge in [-0.05, 0) is 25.7 Å². The highest BCUT2D eigenvalue weighted by molar-refractivity contribution is 14.1. The van der Waals surface area contributed by atoms with Gasteiger partial charge in [0.1, 0.15) is 0 Å². The lowest BCUT2D eigenvalue weighted by Crippen LogP contribution is -2.40. The largest absolute Gasteiger partial charge is 0.317 e. The summed E-state index contributed by atoms with van der Waals surface area (Å²) >= 11 is 2.37. The number of hydrogen-bond acceptors (Lipinski definition) is 2. The molecule has 3 unspecified atom stereocenters. The number of hydrogen-bond donors (Lipinski definition) is 0. The summed E-state index contributed by atoms with van der Waals surface area (Å²) in [5.74, 6) is 1.49. The van der Waals surface area contributed by atoms with Crippen molar-refractivity contribution >= 4 is 28.6 Å². The number of carbonyl (C=O) groups excluding carboxylic acids is 1. The van der Waals surface area contributed by atoms with Crippen LogP contribution in [0.3, 0.4) is 0 Å². The highest BCUT2D eigenvalue weighted by atomic mass is 127. The lowest BCUT2D eigenvalue weighted by molar-refractivity contribution is -0.121. The van der Waals surface area contributed by atoms with Crippen molar-refractivity contribution in [2.75, 3.05) is 0 Å². The summed E-state index contributed by atoms with van der Waals surface area (Å²) < 4.78 is 2.26. The number of rotatable bonds is 0. The molecule has 2 rings (SSSR count). The summed E-state index contributed by atoms with van der Waals surface area (Å²) in [6, 6.07) is 0.442. The zero-order chi connectivity index (χ0) is 12.4. The van der Waals surface area contributed by atoms with E-state index >= 15 is 0 Å². The van der Waals surface area contributed by atoms with Gasteiger partial charge in [-0.3, -0.25) is 4.79 Å². The van der Waals surface area contributed by atoms with Crippen LogP contribution in [-0.2, 0) is 4.79 Å². The molecule has 0 radical (unpaired) electrons. The lowest BCUT2D eigenvalue weighted by atomic mass is 9.83. The van der Waals surface area contributed by atoms with E-state index in [9.17, 15) is 4.79 Å². The Morgan fingerprint density at radius 2 is 1.88 bits per heavy atom. The van der Waals surface area contributed by atoms with Crippen molar-refractivity contribution < 1.29 is 4.79 Å². The molecule has 0 aromatic heterocycles. The topological polar surface area (TPSA) is 20.3 Å². The highest BCUT2D eigenvalue weighted by Crippen LogP contribution is 2.35. The van der Waals surface area contributed by atoms with Gasteiger partial charge in [-0.2, -0.15) is 0 Å². The summed E-state index contributed by atoms with van der Waals surface area (Å²) in [7, 11) is 0. The fourth-order valence-corrected chi connectivity index (χ4v) is 4.22. The fraction of sp³-hybridized carbons (Fsp3) is 0.786. The molecule has 96 valence electrons. The first-order valence-corrected chi connectivity index (χ1v) is 7.73. The van der Waals surface area contributed by atoms with Crippen LogP contribution in [0.4, 0.5) is 0 Å². The van der Waals surface area contributed by atoms with E-state index in [1.165, 1.54) is 32.1 Å². The van der Waals surface area contributed by atoms with Crippen molar-refractivity contribution in [2.24, 2.45) is 11.8 Å². The molecule has 0 aromatic carbocycles. The maximum absolute atomic E-state index is 12.3. The zero-order valence-electron chi connectivity index (χ0n) is 10.8. The monoisotopic (exact) mass is 347 g/mol. The van der Waals surface area contributed by atoms with Gasteiger partial charge in [0.2, 0.25) is 0 Å². The first kappa shape index (κ1) is 13.4. The minimum absolute atomic E-state index is 0.252. The molecule has 1 heterocycles. The smallest absolute Gasteiger partial charge is 0.165 e. The van der Waals surface area contributed by atoms with E-state index in [2.05, 4.69) is 32.9 Å². The van der Waals surface area contributed by atoms with Gasteiger partial charge in [-0.1, -0.05) is 32.6 Å². The number of ketones is 1. The Morgan fingerprint density at radius 1 is 1.24 bits per heavy atom. The summed E-state index contributed by atoms with van der Waals surface area (Å²) in [6.45, 7) is 4.31. The molecule has 1 fully saturated rings. The Morgan fingerprint density at radius 3 is 2.59 bits per heavy atom. The number of Topliss-reactive ketones (excluding diaryl/α,β-unsaturated/α-hetero) is 1. The van der Waals surface area contributed by atoms with Gasteiger partial charge in [0.05, 0.1) is 22.9 Å². The Bertz CT molecular complexity index is 326. The van der Waals surface area contributed by atoms with Crippen LogP contribution in [0.15, 0.2) is 11.8 Å². The quantitative estimate of drug-likeness (QED) is 0.486. The third kappa shape index (κ3) is 3.04. The Balaban J connectivity index is 2.16. The van der Waals surface area contributed by atoms with Gasteiger partial charge in [0, 0.05) is 23.7 Å². The Hall–Kier alpha value is -0.0600. The molecular weight excluding hydrogens is 325 g/mol. The van der Waals surface area contributed by atoms with Gasteiger partial charge in [-0.15, -0.1) is 0 Å². The predicted octanol–water partition coefficient (Wildman–Crippen LogP) is 4.10. The molecule has 0 spiro atoms. The number of halogens is 1. The molecule has 2 aliphatic rings. The van der Waals surface area contributed by atoms with E-state index in [4.69, 9.17) is 0 Å². The zero-order valence-corrected chi connectivity index (χ0v) is 12.9. The van der Waals surface area contributed by atoms with Gasteiger partial charge in [0.15, 0.2) is 5.78 Å². The minimum Gasteiger partial charge on any atom is -0.317 e. The second-order valence-electron chi connectivity index (χ2n) is 5.66. The molecule has 0 bridgehead atoms. The van der Waals surface area contributed by atoms with Gasteiger partial charge < -0.3 is 3.11 Å². The van der Waals surface area contributed by atoms with Crippen LogP contribution in [0.2, 0.25) is 0 Å². The summed E-state index contributed by atoms with van der Waals surface area (Å²) in [5.41, 5.74) is 0.938. The molecule has 3 atom stereocenters. The Labute approximate surface area is 118 Å². The average Bonchev–Trinajstić information content (AvgIpc) is 2.37. The molecule has 3 heteroatoms. The normalized spacial score (nSPS) is 35.5. The third-order valence-corrected chi connectivity index (χ3v) is 5.23. The highest BCUT2D eigenvalue weighted by Gasteiger charge is 2.35. The van der Waals surface area contributed by atoms with E-state index in [-0.39, 0.29) is 5.92 Å². The maximum atomic E-state index is 12.3. The van der Waals surface area contributed by atoms with Crippen LogP contribution in [0.25, 0.3) is 0 Å². The molecule has 0 amide bonds. The Kier molecular flexibility index (Phi) is 4.50. The second kappa shape index (κ2) is 5.72. The van der Waals surface area contributed by atoms with E-state index in [1.807, 2.05) is 13.1 Å². The van der Waals surface area contributed by atoms with E-state index in [0.29, 0.717) is 11.8 Å². The number of nitrogens with zero attached hydrogens (tertiary/aromatic N) is 1. The van der Waals surface area contributed by atoms with Crippen LogP contribution in [-0.4, -0.2) is 14.9 Å². The van der Waals surface area contributed by atoms with E-state index in [0.717, 1.165) is 17.9 Å². The molecule has 1 aliphatic heterocycles.